The van der Waals surface area contributed by atoms with Gasteiger partial charge in [-0.1, -0.05) is 19.9 Å². The first kappa shape index (κ1) is 13.6. The summed E-state index contributed by atoms with van der Waals surface area (Å²) in [6, 6.07) is 5.98. The Morgan fingerprint density at radius 2 is 2.00 bits per heavy atom. The standard InChI is InChI=1S/C19H26O2/c1-11-10-19(2)16(7-8-17(19)21)15-5-3-12-9-13(20)4-6-14(12)18(11)15/h4,6,9,11,15-18,20-21H,3,5,7-8,10H2,1-2H3/t11-,15+,16-,17-,18-,19-/m0/s1. The molecule has 2 N–H and O–H groups in total. The third-order valence-electron chi connectivity index (χ3n) is 6.95. The molecule has 4 rings (SSSR count). The molecule has 21 heavy (non-hydrogen) atoms. The van der Waals surface area contributed by atoms with Crippen molar-refractivity contribution < 1.29 is 10.2 Å². The smallest absolute Gasteiger partial charge is 0.115 e. The van der Waals surface area contributed by atoms with Crippen molar-refractivity contribution in [1.82, 2.24) is 0 Å². The molecule has 0 spiro atoms. The van der Waals surface area contributed by atoms with Crippen LogP contribution >= 0.6 is 0 Å². The SMILES string of the molecule is C[C@H]1C[C@]2(C)[C@@H](O)CC[C@H]2[C@H]2CCc3cc(O)ccc3[C@@H]21. The van der Waals surface area contributed by atoms with Crippen LogP contribution in [-0.4, -0.2) is 16.3 Å². The Bertz CT molecular complexity index is 567. The molecule has 2 fully saturated rings. The van der Waals surface area contributed by atoms with Crippen LogP contribution < -0.4 is 0 Å². The van der Waals surface area contributed by atoms with E-state index in [1.54, 1.807) is 0 Å². The highest BCUT2D eigenvalue weighted by atomic mass is 16.3. The maximum Gasteiger partial charge on any atom is 0.115 e. The summed E-state index contributed by atoms with van der Waals surface area (Å²) in [6.45, 7) is 4.69. The largest absolute Gasteiger partial charge is 0.508 e. The first-order chi connectivity index (χ1) is 10.0. The predicted octanol–water partition coefficient (Wildman–Crippen LogP) is 3.86. The van der Waals surface area contributed by atoms with Gasteiger partial charge in [-0.25, -0.2) is 0 Å². The van der Waals surface area contributed by atoms with Crippen LogP contribution in [0.25, 0.3) is 0 Å². The van der Waals surface area contributed by atoms with E-state index in [2.05, 4.69) is 19.9 Å². The van der Waals surface area contributed by atoms with Crippen molar-refractivity contribution in [1.29, 1.82) is 0 Å². The Morgan fingerprint density at radius 3 is 2.81 bits per heavy atom. The first-order valence-electron chi connectivity index (χ1n) is 8.50. The number of aryl methyl sites for hydroxylation is 1. The Hall–Kier alpha value is -1.02. The Balaban J connectivity index is 1.76. The number of aliphatic hydroxyl groups excluding tert-OH is 1. The minimum absolute atomic E-state index is 0.105. The lowest BCUT2D eigenvalue weighted by Crippen LogP contribution is -2.47. The lowest BCUT2D eigenvalue weighted by Gasteiger charge is -2.53. The van der Waals surface area contributed by atoms with Crippen LogP contribution in [0.15, 0.2) is 18.2 Å². The van der Waals surface area contributed by atoms with E-state index < -0.39 is 0 Å². The molecule has 0 bridgehead atoms. The third kappa shape index (κ3) is 1.81. The number of rotatable bonds is 0. The molecule has 0 radical (unpaired) electrons. The van der Waals surface area contributed by atoms with E-state index in [0.29, 0.717) is 29.4 Å². The summed E-state index contributed by atoms with van der Waals surface area (Å²) in [7, 11) is 0. The topological polar surface area (TPSA) is 40.5 Å². The molecule has 6 atom stereocenters. The minimum atomic E-state index is -0.105. The van der Waals surface area contributed by atoms with Gasteiger partial charge >= 0.3 is 0 Å². The second-order valence-electron chi connectivity index (χ2n) is 8.00. The Morgan fingerprint density at radius 1 is 1.19 bits per heavy atom. The van der Waals surface area contributed by atoms with Gasteiger partial charge in [-0.2, -0.15) is 0 Å². The molecule has 0 saturated heterocycles. The number of hydrogen-bond acceptors (Lipinski definition) is 2. The molecule has 0 unspecified atom stereocenters. The molecule has 1 aromatic rings. The fourth-order valence-electron chi connectivity index (χ4n) is 6.10. The highest BCUT2D eigenvalue weighted by Crippen LogP contribution is 2.62. The lowest BCUT2D eigenvalue weighted by molar-refractivity contribution is -0.0441. The highest BCUT2D eigenvalue weighted by molar-refractivity contribution is 5.40. The molecule has 0 heterocycles. The van der Waals surface area contributed by atoms with Crippen molar-refractivity contribution in [2.24, 2.45) is 23.2 Å². The number of aromatic hydroxyl groups is 1. The van der Waals surface area contributed by atoms with Crippen molar-refractivity contribution in [2.75, 3.05) is 0 Å². The zero-order chi connectivity index (χ0) is 14.8. The van der Waals surface area contributed by atoms with Gasteiger partial charge in [0.1, 0.15) is 5.75 Å². The van der Waals surface area contributed by atoms with Crippen LogP contribution in [0.5, 0.6) is 5.75 Å². The molecular weight excluding hydrogens is 260 g/mol. The zero-order valence-electron chi connectivity index (χ0n) is 13.0. The van der Waals surface area contributed by atoms with Gasteiger partial charge in [0.05, 0.1) is 6.10 Å². The first-order valence-corrected chi connectivity index (χ1v) is 8.50. The third-order valence-corrected chi connectivity index (χ3v) is 6.95. The van der Waals surface area contributed by atoms with Crippen LogP contribution in [0.4, 0.5) is 0 Å². The van der Waals surface area contributed by atoms with E-state index in [1.807, 2.05) is 12.1 Å². The Labute approximate surface area is 127 Å². The normalized spacial score (nSPS) is 44.8. The number of hydrogen-bond donors (Lipinski definition) is 2. The molecule has 3 aliphatic carbocycles. The van der Waals surface area contributed by atoms with Crippen LogP contribution in [0.1, 0.15) is 56.6 Å². The van der Waals surface area contributed by atoms with Gasteiger partial charge in [-0.15, -0.1) is 0 Å². The van der Waals surface area contributed by atoms with Gasteiger partial charge in [0.2, 0.25) is 0 Å². The number of aliphatic hydroxyl groups is 1. The van der Waals surface area contributed by atoms with E-state index in [-0.39, 0.29) is 11.5 Å². The van der Waals surface area contributed by atoms with Gasteiger partial charge in [-0.05, 0) is 84.5 Å². The van der Waals surface area contributed by atoms with Gasteiger partial charge in [-0.3, -0.25) is 0 Å². The summed E-state index contributed by atoms with van der Waals surface area (Å²) in [5, 5.41) is 20.2. The molecule has 0 aromatic heterocycles. The maximum absolute atomic E-state index is 10.5. The summed E-state index contributed by atoms with van der Waals surface area (Å²) in [5.74, 6) is 3.03. The van der Waals surface area contributed by atoms with Gasteiger partial charge in [0.15, 0.2) is 0 Å². The van der Waals surface area contributed by atoms with Crippen molar-refractivity contribution >= 4 is 0 Å². The van der Waals surface area contributed by atoms with Gasteiger partial charge < -0.3 is 10.2 Å². The second-order valence-corrected chi connectivity index (χ2v) is 8.00. The Kier molecular flexibility index (Phi) is 2.91. The monoisotopic (exact) mass is 286 g/mol. The van der Waals surface area contributed by atoms with Crippen LogP contribution in [0.2, 0.25) is 0 Å². The minimum Gasteiger partial charge on any atom is -0.508 e. The summed E-state index contributed by atoms with van der Waals surface area (Å²) >= 11 is 0. The second kappa shape index (κ2) is 4.49. The quantitative estimate of drug-likeness (QED) is 0.760. The van der Waals surface area contributed by atoms with Crippen molar-refractivity contribution in [3.63, 3.8) is 0 Å². The molecule has 2 nitrogen and oxygen atoms in total. The van der Waals surface area contributed by atoms with Crippen LogP contribution in [-0.2, 0) is 6.42 Å². The predicted molar refractivity (Wildman–Crippen MR) is 83.3 cm³/mol. The van der Waals surface area contributed by atoms with E-state index in [4.69, 9.17) is 0 Å². The lowest BCUT2D eigenvalue weighted by atomic mass is 9.52. The van der Waals surface area contributed by atoms with Crippen LogP contribution in [0, 0.1) is 23.2 Å². The van der Waals surface area contributed by atoms with E-state index >= 15 is 0 Å². The number of fused-ring (bicyclic) bond motifs is 5. The summed E-state index contributed by atoms with van der Waals surface area (Å²) < 4.78 is 0. The fourth-order valence-corrected chi connectivity index (χ4v) is 6.10. The molecule has 1 aromatic carbocycles. The van der Waals surface area contributed by atoms with E-state index in [0.717, 1.165) is 19.3 Å². The maximum atomic E-state index is 10.5. The molecule has 0 aliphatic heterocycles. The summed E-state index contributed by atoms with van der Waals surface area (Å²) in [4.78, 5) is 0. The average Bonchev–Trinajstić information content (AvgIpc) is 2.74. The van der Waals surface area contributed by atoms with Crippen molar-refractivity contribution in [3.8, 4) is 5.75 Å². The average molecular weight is 286 g/mol. The van der Waals surface area contributed by atoms with E-state index in [1.165, 1.54) is 24.0 Å². The van der Waals surface area contributed by atoms with E-state index in [9.17, 15) is 10.2 Å². The number of phenolic OH excluding ortho intramolecular Hbond substituents is 1. The number of benzene rings is 1. The van der Waals surface area contributed by atoms with Gasteiger partial charge in [0, 0.05) is 0 Å². The number of phenols is 1. The fraction of sp³-hybridized carbons (Fsp3) is 0.684. The van der Waals surface area contributed by atoms with Crippen molar-refractivity contribution in [2.45, 2.75) is 58.0 Å². The molecular formula is C19H26O2. The zero-order valence-corrected chi connectivity index (χ0v) is 13.0. The highest BCUT2D eigenvalue weighted by Gasteiger charge is 2.56. The van der Waals surface area contributed by atoms with Gasteiger partial charge in [0.25, 0.3) is 0 Å². The molecule has 2 heteroatoms. The van der Waals surface area contributed by atoms with Crippen molar-refractivity contribution in [3.05, 3.63) is 29.3 Å². The summed E-state index contributed by atoms with van der Waals surface area (Å²) in [5.41, 5.74) is 2.96. The molecule has 0 amide bonds. The van der Waals surface area contributed by atoms with Crippen LogP contribution in [0.3, 0.4) is 0 Å². The molecule has 3 aliphatic rings. The molecule has 2 saturated carbocycles. The summed E-state index contributed by atoms with van der Waals surface area (Å²) in [6.07, 6.45) is 5.52. The molecule has 114 valence electrons.